The Bertz CT molecular complexity index is 984. The van der Waals surface area contributed by atoms with Crippen molar-refractivity contribution in [3.05, 3.63) is 67.7 Å². The van der Waals surface area contributed by atoms with Crippen molar-refractivity contribution in [2.75, 3.05) is 5.43 Å². The minimum Gasteiger partial charge on any atom is -0.282 e. The van der Waals surface area contributed by atoms with E-state index in [1.807, 2.05) is 0 Å². The van der Waals surface area contributed by atoms with Gasteiger partial charge in [0.05, 0.1) is 27.6 Å². The van der Waals surface area contributed by atoms with Crippen LogP contribution in [0.4, 0.5) is 17.1 Å². The Labute approximate surface area is 166 Å². The quantitative estimate of drug-likeness (QED) is 0.425. The average molecular weight is 423 g/mol. The maximum atomic E-state index is 12.6. The van der Waals surface area contributed by atoms with Crippen LogP contribution in [-0.2, 0) is 9.59 Å². The predicted molar refractivity (Wildman–Crippen MR) is 101 cm³/mol. The molecule has 144 valence electrons. The van der Waals surface area contributed by atoms with Crippen molar-refractivity contribution in [1.29, 1.82) is 0 Å². The standard InChI is InChI=1S/C16H11ClN4O6S/c17-9-1-4-11(5-2-9)28-14-8-15(22)19(16(14)23)18-12-6-3-10(20(24)25)7-13(12)21(26)27/h1-7,14,18H,8H2. The summed E-state index contributed by atoms with van der Waals surface area (Å²) in [7, 11) is 0. The third-order valence-electron chi connectivity index (χ3n) is 3.82. The van der Waals surface area contributed by atoms with Crippen LogP contribution in [0.2, 0.25) is 5.02 Å². The van der Waals surface area contributed by atoms with Gasteiger partial charge in [-0.1, -0.05) is 11.6 Å². The van der Waals surface area contributed by atoms with Crippen LogP contribution in [-0.4, -0.2) is 31.9 Å². The van der Waals surface area contributed by atoms with Crippen LogP contribution >= 0.6 is 23.4 Å². The topological polar surface area (TPSA) is 136 Å². The number of nitrogens with zero attached hydrogens (tertiary/aromatic N) is 3. The molecule has 2 aromatic carbocycles. The first-order valence-corrected chi connectivity index (χ1v) is 9.00. The molecule has 1 heterocycles. The molecule has 0 spiro atoms. The summed E-state index contributed by atoms with van der Waals surface area (Å²) < 4.78 is 0. The van der Waals surface area contributed by atoms with E-state index < -0.39 is 38.3 Å². The van der Waals surface area contributed by atoms with Gasteiger partial charge in [0.1, 0.15) is 5.69 Å². The first-order valence-electron chi connectivity index (χ1n) is 7.75. The number of nitro groups is 2. The number of rotatable bonds is 6. The van der Waals surface area contributed by atoms with Crippen LogP contribution in [0.3, 0.4) is 0 Å². The zero-order valence-corrected chi connectivity index (χ0v) is 15.5. The number of carbonyl (C=O) groups excluding carboxylic acids is 2. The molecule has 0 aliphatic carbocycles. The molecule has 1 unspecified atom stereocenters. The van der Waals surface area contributed by atoms with Crippen molar-refractivity contribution >= 4 is 52.2 Å². The van der Waals surface area contributed by atoms with E-state index in [0.29, 0.717) is 10.0 Å². The van der Waals surface area contributed by atoms with Crippen LogP contribution in [0.25, 0.3) is 0 Å². The molecule has 2 amide bonds. The monoisotopic (exact) mass is 422 g/mol. The normalized spacial score (nSPS) is 16.3. The minimum absolute atomic E-state index is 0.0973. The number of hydrogen-bond acceptors (Lipinski definition) is 8. The molecule has 0 saturated carbocycles. The van der Waals surface area contributed by atoms with E-state index in [-0.39, 0.29) is 12.1 Å². The summed E-state index contributed by atoms with van der Waals surface area (Å²) in [6, 6.07) is 9.61. The van der Waals surface area contributed by atoms with Gasteiger partial charge >= 0.3 is 5.69 Å². The lowest BCUT2D eigenvalue weighted by molar-refractivity contribution is -0.393. The van der Waals surface area contributed by atoms with E-state index in [2.05, 4.69) is 5.43 Å². The lowest BCUT2D eigenvalue weighted by Gasteiger charge is -2.17. The summed E-state index contributed by atoms with van der Waals surface area (Å²) in [5.41, 5.74) is 1.12. The van der Waals surface area contributed by atoms with Crippen molar-refractivity contribution in [2.45, 2.75) is 16.6 Å². The fourth-order valence-corrected chi connectivity index (χ4v) is 3.67. The van der Waals surface area contributed by atoms with E-state index in [0.717, 1.165) is 23.1 Å². The first kappa shape index (κ1) is 19.6. The van der Waals surface area contributed by atoms with Gasteiger partial charge in [0, 0.05) is 16.0 Å². The summed E-state index contributed by atoms with van der Waals surface area (Å²) in [4.78, 5) is 45.9. The molecule has 12 heteroatoms. The predicted octanol–water partition coefficient (Wildman–Crippen LogP) is 3.40. The number of nitrogens with one attached hydrogen (secondary N) is 1. The number of carbonyl (C=O) groups is 2. The Hall–Kier alpha value is -3.18. The highest BCUT2D eigenvalue weighted by Crippen LogP contribution is 2.34. The summed E-state index contributed by atoms with van der Waals surface area (Å²) in [5.74, 6) is -1.14. The maximum absolute atomic E-state index is 12.6. The van der Waals surface area contributed by atoms with Gasteiger partial charge < -0.3 is 0 Å². The minimum atomic E-state index is -0.833. The van der Waals surface area contributed by atoms with Crippen molar-refractivity contribution in [1.82, 2.24) is 5.01 Å². The molecular weight excluding hydrogens is 412 g/mol. The van der Waals surface area contributed by atoms with Crippen LogP contribution in [0.15, 0.2) is 47.4 Å². The number of thioether (sulfide) groups is 1. The van der Waals surface area contributed by atoms with Crippen LogP contribution < -0.4 is 5.43 Å². The number of hydrogen-bond donors (Lipinski definition) is 1. The van der Waals surface area contributed by atoms with Crippen LogP contribution in [0.1, 0.15) is 6.42 Å². The van der Waals surface area contributed by atoms with E-state index in [1.54, 1.807) is 24.3 Å². The highest BCUT2D eigenvalue weighted by atomic mass is 35.5. The maximum Gasteiger partial charge on any atom is 0.300 e. The third-order valence-corrected chi connectivity index (χ3v) is 5.27. The van der Waals surface area contributed by atoms with Gasteiger partial charge in [-0.3, -0.25) is 35.2 Å². The van der Waals surface area contributed by atoms with Gasteiger partial charge in [0.15, 0.2) is 0 Å². The van der Waals surface area contributed by atoms with Gasteiger partial charge in [-0.2, -0.15) is 5.01 Å². The Morgan fingerprint density at radius 1 is 1.07 bits per heavy atom. The van der Waals surface area contributed by atoms with Crippen LogP contribution in [0, 0.1) is 20.2 Å². The molecule has 1 aliphatic heterocycles. The van der Waals surface area contributed by atoms with E-state index >= 15 is 0 Å². The fourth-order valence-electron chi connectivity index (χ4n) is 2.49. The summed E-state index contributed by atoms with van der Waals surface area (Å²) in [6.45, 7) is 0. The second-order valence-corrected chi connectivity index (χ2v) is 7.37. The largest absolute Gasteiger partial charge is 0.300 e. The molecule has 1 aliphatic rings. The number of amides is 2. The summed E-state index contributed by atoms with van der Waals surface area (Å²) in [6.07, 6.45) is -0.0973. The second-order valence-electron chi connectivity index (χ2n) is 5.66. The zero-order valence-electron chi connectivity index (χ0n) is 13.9. The highest BCUT2D eigenvalue weighted by Gasteiger charge is 2.40. The molecule has 10 nitrogen and oxygen atoms in total. The molecule has 1 fully saturated rings. The summed E-state index contributed by atoms with van der Waals surface area (Å²) in [5, 5.41) is 22.5. The van der Waals surface area contributed by atoms with Crippen molar-refractivity contribution in [3.63, 3.8) is 0 Å². The summed E-state index contributed by atoms with van der Waals surface area (Å²) >= 11 is 6.99. The highest BCUT2D eigenvalue weighted by molar-refractivity contribution is 8.00. The lowest BCUT2D eigenvalue weighted by Crippen LogP contribution is -2.36. The first-order chi connectivity index (χ1) is 13.3. The number of benzene rings is 2. The Morgan fingerprint density at radius 2 is 1.75 bits per heavy atom. The van der Waals surface area contributed by atoms with Gasteiger partial charge in [0.25, 0.3) is 11.6 Å². The smallest absolute Gasteiger partial charge is 0.282 e. The van der Waals surface area contributed by atoms with Gasteiger partial charge in [-0.05, 0) is 30.3 Å². The molecule has 1 N–H and O–H groups in total. The van der Waals surface area contributed by atoms with Crippen LogP contribution in [0.5, 0.6) is 0 Å². The van der Waals surface area contributed by atoms with Crippen molar-refractivity contribution in [2.24, 2.45) is 0 Å². The second kappa shape index (κ2) is 7.82. The van der Waals surface area contributed by atoms with E-state index in [9.17, 15) is 29.8 Å². The van der Waals surface area contributed by atoms with E-state index in [1.165, 1.54) is 11.8 Å². The Kier molecular flexibility index (Phi) is 5.47. The number of anilines is 1. The Morgan fingerprint density at radius 3 is 2.36 bits per heavy atom. The van der Waals surface area contributed by atoms with Crippen molar-refractivity contribution < 1.29 is 19.4 Å². The molecular formula is C16H11ClN4O6S. The number of nitro benzene ring substituents is 2. The molecule has 2 aromatic rings. The van der Waals surface area contributed by atoms with Gasteiger partial charge in [0.2, 0.25) is 5.91 Å². The Balaban J connectivity index is 1.80. The number of imide groups is 1. The molecule has 28 heavy (non-hydrogen) atoms. The zero-order chi connectivity index (χ0) is 20.4. The van der Waals surface area contributed by atoms with E-state index in [4.69, 9.17) is 11.6 Å². The lowest BCUT2D eigenvalue weighted by atomic mass is 10.2. The molecule has 0 aromatic heterocycles. The molecule has 1 atom stereocenters. The number of halogens is 1. The molecule has 0 radical (unpaired) electrons. The van der Waals surface area contributed by atoms with Gasteiger partial charge in [-0.15, -0.1) is 11.8 Å². The number of non-ortho nitro benzene ring substituents is 1. The molecule has 0 bridgehead atoms. The molecule has 3 rings (SSSR count). The fraction of sp³-hybridized carbons (Fsp3) is 0.125. The third kappa shape index (κ3) is 4.05. The van der Waals surface area contributed by atoms with Crippen molar-refractivity contribution in [3.8, 4) is 0 Å². The van der Waals surface area contributed by atoms with Gasteiger partial charge in [-0.25, -0.2) is 0 Å². The molecule has 1 saturated heterocycles. The SMILES string of the molecule is O=C1CC(Sc2ccc(Cl)cc2)C(=O)N1Nc1ccc([N+](=O)[O-])cc1[N+](=O)[O-]. The number of hydrazine groups is 1. The average Bonchev–Trinajstić information content (AvgIpc) is 2.91.